The topological polar surface area (TPSA) is 59.5 Å². The monoisotopic (exact) mass is 266 g/mol. The quantitative estimate of drug-likeness (QED) is 0.581. The van der Waals surface area contributed by atoms with Gasteiger partial charge in [0.25, 0.3) is 0 Å². The summed E-state index contributed by atoms with van der Waals surface area (Å²) < 4.78 is 0. The van der Waals surface area contributed by atoms with Crippen LogP contribution in [0, 0.1) is 0 Å². The second-order valence-electron chi connectivity index (χ2n) is 4.67. The molecule has 0 unspecified atom stereocenters. The van der Waals surface area contributed by atoms with Crippen LogP contribution >= 0.6 is 11.8 Å². The highest BCUT2D eigenvalue weighted by Gasteiger charge is 2.29. The zero-order valence-corrected chi connectivity index (χ0v) is 11.6. The van der Waals surface area contributed by atoms with Crippen molar-refractivity contribution >= 4 is 22.7 Å². The first-order chi connectivity index (χ1) is 8.44. The summed E-state index contributed by atoms with van der Waals surface area (Å²) in [7, 11) is 3.62. The SMILES string of the molecule is CSc1ccc2[nH]cc(C(O)(O)CN(C)C)c2c1. The Morgan fingerprint density at radius 1 is 1.33 bits per heavy atom. The molecule has 3 N–H and O–H groups in total. The Morgan fingerprint density at radius 3 is 2.67 bits per heavy atom. The summed E-state index contributed by atoms with van der Waals surface area (Å²) in [6.07, 6.45) is 3.66. The third-order valence-corrected chi connectivity index (χ3v) is 3.58. The van der Waals surface area contributed by atoms with Crippen LogP contribution in [0.4, 0.5) is 0 Å². The van der Waals surface area contributed by atoms with E-state index in [-0.39, 0.29) is 6.54 Å². The predicted molar refractivity (Wildman–Crippen MR) is 74.7 cm³/mol. The molecule has 0 aliphatic rings. The van der Waals surface area contributed by atoms with Crippen molar-refractivity contribution in [2.45, 2.75) is 10.7 Å². The highest BCUT2D eigenvalue weighted by atomic mass is 32.2. The molecule has 2 rings (SSSR count). The van der Waals surface area contributed by atoms with Crippen molar-refractivity contribution in [3.63, 3.8) is 0 Å². The molecule has 0 spiro atoms. The first-order valence-corrected chi connectivity index (χ1v) is 6.91. The van der Waals surface area contributed by atoms with Crippen LogP contribution in [0.3, 0.4) is 0 Å². The number of thioether (sulfide) groups is 1. The summed E-state index contributed by atoms with van der Waals surface area (Å²) in [5.41, 5.74) is 1.43. The molecule has 0 amide bonds. The number of H-pyrrole nitrogens is 1. The van der Waals surface area contributed by atoms with Gasteiger partial charge in [-0.25, -0.2) is 0 Å². The van der Waals surface area contributed by atoms with Crippen LogP contribution in [0.25, 0.3) is 10.9 Å². The number of aromatic nitrogens is 1. The van der Waals surface area contributed by atoms with Gasteiger partial charge in [0.1, 0.15) is 0 Å². The molecule has 0 saturated carbocycles. The first-order valence-electron chi connectivity index (χ1n) is 5.69. The molecule has 0 aliphatic carbocycles. The lowest BCUT2D eigenvalue weighted by atomic mass is 10.0. The molecular formula is C13H18N2O2S. The molecule has 98 valence electrons. The molecule has 1 heterocycles. The number of fused-ring (bicyclic) bond motifs is 1. The average molecular weight is 266 g/mol. The summed E-state index contributed by atoms with van der Waals surface area (Å²) in [6.45, 7) is 0.156. The molecule has 0 bridgehead atoms. The molecule has 0 radical (unpaired) electrons. The fourth-order valence-corrected chi connectivity index (χ4v) is 2.52. The molecule has 4 nitrogen and oxygen atoms in total. The Kier molecular flexibility index (Phi) is 3.68. The summed E-state index contributed by atoms with van der Waals surface area (Å²) in [5.74, 6) is -1.85. The Morgan fingerprint density at radius 2 is 2.06 bits per heavy atom. The molecular weight excluding hydrogens is 248 g/mol. The van der Waals surface area contributed by atoms with Gasteiger partial charge >= 0.3 is 0 Å². The Balaban J connectivity index is 2.50. The lowest BCUT2D eigenvalue weighted by Crippen LogP contribution is -2.37. The molecule has 0 saturated heterocycles. The van der Waals surface area contributed by atoms with Crippen LogP contribution in [0.2, 0.25) is 0 Å². The second-order valence-corrected chi connectivity index (χ2v) is 5.55. The van der Waals surface area contributed by atoms with E-state index in [9.17, 15) is 10.2 Å². The van der Waals surface area contributed by atoms with Crippen molar-refractivity contribution < 1.29 is 10.2 Å². The van der Waals surface area contributed by atoms with E-state index >= 15 is 0 Å². The fourth-order valence-electron chi connectivity index (χ4n) is 2.08. The molecule has 1 aromatic heterocycles. The number of benzene rings is 1. The molecule has 1 aromatic carbocycles. The highest BCUT2D eigenvalue weighted by Crippen LogP contribution is 2.30. The number of aliphatic hydroxyl groups is 2. The van der Waals surface area contributed by atoms with Crippen LogP contribution in [0.1, 0.15) is 5.56 Å². The number of likely N-dealkylation sites (N-methyl/N-ethyl adjacent to an activating group) is 1. The third-order valence-electron chi connectivity index (χ3n) is 2.86. The lowest BCUT2D eigenvalue weighted by molar-refractivity contribution is -0.177. The number of aromatic amines is 1. The molecule has 18 heavy (non-hydrogen) atoms. The van der Waals surface area contributed by atoms with Crippen LogP contribution in [-0.2, 0) is 5.79 Å². The van der Waals surface area contributed by atoms with Crippen LogP contribution in [0.15, 0.2) is 29.3 Å². The molecule has 5 heteroatoms. The predicted octanol–water partition coefficient (Wildman–Crippen LogP) is 1.59. The maximum absolute atomic E-state index is 10.2. The standard InChI is InChI=1S/C13H18N2O2S/c1-15(2)8-13(16,17)11-7-14-12-5-4-9(18-3)6-10(11)12/h4-7,14,16-17H,8H2,1-3H3. The molecule has 0 aliphatic heterocycles. The summed E-state index contributed by atoms with van der Waals surface area (Å²) in [4.78, 5) is 5.92. The number of rotatable bonds is 4. The molecule has 0 fully saturated rings. The number of hydrogen-bond acceptors (Lipinski definition) is 4. The van der Waals surface area contributed by atoms with Gasteiger partial charge in [-0.3, -0.25) is 0 Å². The van der Waals surface area contributed by atoms with E-state index in [1.807, 2.05) is 38.6 Å². The third kappa shape index (κ3) is 2.54. The zero-order valence-electron chi connectivity index (χ0n) is 10.8. The van der Waals surface area contributed by atoms with Gasteiger partial charge in [0, 0.05) is 27.6 Å². The van der Waals surface area contributed by atoms with Crippen LogP contribution < -0.4 is 0 Å². The van der Waals surface area contributed by atoms with Crippen molar-refractivity contribution in [1.82, 2.24) is 9.88 Å². The largest absolute Gasteiger partial charge is 0.361 e. The van der Waals surface area contributed by atoms with E-state index in [1.165, 1.54) is 0 Å². The van der Waals surface area contributed by atoms with E-state index in [1.54, 1.807) is 22.9 Å². The van der Waals surface area contributed by atoms with E-state index in [0.29, 0.717) is 5.56 Å². The lowest BCUT2D eigenvalue weighted by Gasteiger charge is -2.25. The zero-order chi connectivity index (χ0) is 13.3. The average Bonchev–Trinajstić information content (AvgIpc) is 2.70. The molecule has 0 atom stereocenters. The summed E-state index contributed by atoms with van der Waals surface area (Å²) in [6, 6.07) is 5.94. The first kappa shape index (κ1) is 13.4. The van der Waals surface area contributed by atoms with Gasteiger partial charge in [-0.1, -0.05) is 0 Å². The van der Waals surface area contributed by atoms with Gasteiger partial charge in [0.05, 0.1) is 6.54 Å². The van der Waals surface area contributed by atoms with E-state index in [2.05, 4.69) is 4.98 Å². The van der Waals surface area contributed by atoms with E-state index < -0.39 is 5.79 Å². The van der Waals surface area contributed by atoms with Crippen molar-refractivity contribution in [1.29, 1.82) is 0 Å². The van der Waals surface area contributed by atoms with Crippen molar-refractivity contribution in [2.24, 2.45) is 0 Å². The second kappa shape index (κ2) is 4.93. The minimum absolute atomic E-state index is 0.156. The number of nitrogens with one attached hydrogen (secondary N) is 1. The Labute approximate surface area is 111 Å². The highest BCUT2D eigenvalue weighted by molar-refractivity contribution is 7.98. The van der Waals surface area contributed by atoms with Crippen molar-refractivity contribution in [2.75, 3.05) is 26.9 Å². The van der Waals surface area contributed by atoms with Gasteiger partial charge < -0.3 is 20.1 Å². The summed E-state index contributed by atoms with van der Waals surface area (Å²) in [5, 5.41) is 21.2. The number of nitrogens with zero attached hydrogens (tertiary/aromatic N) is 1. The Bertz CT molecular complexity index is 549. The van der Waals surface area contributed by atoms with Gasteiger partial charge in [0.2, 0.25) is 5.79 Å². The summed E-state index contributed by atoms with van der Waals surface area (Å²) >= 11 is 1.63. The minimum atomic E-state index is -1.85. The van der Waals surface area contributed by atoms with Gasteiger partial charge in [0.15, 0.2) is 0 Å². The normalized spacial score (nSPS) is 12.6. The van der Waals surface area contributed by atoms with Gasteiger partial charge in [-0.15, -0.1) is 11.8 Å². The smallest absolute Gasteiger partial charge is 0.205 e. The van der Waals surface area contributed by atoms with E-state index in [0.717, 1.165) is 15.8 Å². The maximum atomic E-state index is 10.2. The van der Waals surface area contributed by atoms with Gasteiger partial charge in [-0.2, -0.15) is 0 Å². The van der Waals surface area contributed by atoms with Crippen LogP contribution in [0.5, 0.6) is 0 Å². The Hall–Kier alpha value is -1.01. The minimum Gasteiger partial charge on any atom is -0.361 e. The van der Waals surface area contributed by atoms with Crippen molar-refractivity contribution in [3.8, 4) is 0 Å². The van der Waals surface area contributed by atoms with Crippen molar-refractivity contribution in [3.05, 3.63) is 30.0 Å². The number of hydrogen-bond donors (Lipinski definition) is 3. The van der Waals surface area contributed by atoms with Crippen LogP contribution in [-0.4, -0.2) is 47.0 Å². The fraction of sp³-hybridized carbons (Fsp3) is 0.385. The van der Waals surface area contributed by atoms with E-state index in [4.69, 9.17) is 0 Å². The van der Waals surface area contributed by atoms with Gasteiger partial charge in [-0.05, 0) is 38.6 Å². The molecule has 2 aromatic rings. The maximum Gasteiger partial charge on any atom is 0.205 e.